The minimum atomic E-state index is -4.03. The van der Waals surface area contributed by atoms with Gasteiger partial charge in [-0.15, -0.1) is 0 Å². The summed E-state index contributed by atoms with van der Waals surface area (Å²) in [5.41, 5.74) is 4.03. The minimum Gasteiger partial charge on any atom is -0.335 e. The Bertz CT molecular complexity index is 1840. The number of fused-ring (bicyclic) bond motifs is 2. The molecular weight excluding hydrogens is 636 g/mol. The SMILES string of the molecule is O=S(=O)(O)CCCN1C(=CC=C2CCC(C=Cc3sc4ccccc4[n+]3CCCS(=O)(=O)O)=C2Cl)Sc2ccccc21. The number of benzene rings is 2. The summed E-state index contributed by atoms with van der Waals surface area (Å²) in [7, 11) is -8.05. The Morgan fingerprint density at radius 3 is 2.40 bits per heavy atom. The average molecular weight is 666 g/mol. The van der Waals surface area contributed by atoms with Gasteiger partial charge in [0, 0.05) is 35.0 Å². The molecule has 0 saturated heterocycles. The fourth-order valence-corrected chi connectivity index (χ4v) is 8.46. The van der Waals surface area contributed by atoms with Crippen LogP contribution in [0.5, 0.6) is 0 Å². The number of thiazole rings is 1. The second-order valence-electron chi connectivity index (χ2n) is 9.93. The lowest BCUT2D eigenvalue weighted by atomic mass is 10.2. The third-order valence-electron chi connectivity index (χ3n) is 6.92. The summed E-state index contributed by atoms with van der Waals surface area (Å²) in [5, 5.41) is 2.62. The summed E-state index contributed by atoms with van der Waals surface area (Å²) < 4.78 is 66.4. The van der Waals surface area contributed by atoms with Crippen molar-refractivity contribution < 1.29 is 30.5 Å². The van der Waals surface area contributed by atoms with Crippen molar-refractivity contribution in [1.29, 1.82) is 0 Å². The molecule has 2 aliphatic rings. The van der Waals surface area contributed by atoms with E-state index in [9.17, 15) is 16.8 Å². The predicted molar refractivity (Wildman–Crippen MR) is 171 cm³/mol. The minimum absolute atomic E-state index is 0.296. The molecule has 8 nitrogen and oxygen atoms in total. The number of anilines is 1. The van der Waals surface area contributed by atoms with E-state index in [4.69, 9.17) is 20.7 Å². The lowest BCUT2D eigenvalue weighted by Gasteiger charge is -2.20. The van der Waals surface area contributed by atoms with Crippen LogP contribution in [0.1, 0.15) is 30.7 Å². The maximum Gasteiger partial charge on any atom is 0.265 e. The van der Waals surface area contributed by atoms with Gasteiger partial charge in [0.25, 0.3) is 25.2 Å². The molecule has 0 saturated carbocycles. The zero-order valence-corrected chi connectivity index (χ0v) is 26.5. The fraction of sp³-hybridized carbons (Fsp3) is 0.276. The molecule has 1 aliphatic carbocycles. The zero-order chi connectivity index (χ0) is 29.9. The number of hydrogen-bond donors (Lipinski definition) is 2. The van der Waals surface area contributed by atoms with Crippen molar-refractivity contribution in [2.75, 3.05) is 23.0 Å². The van der Waals surface area contributed by atoms with E-state index in [0.717, 1.165) is 54.8 Å². The number of halogens is 1. The van der Waals surface area contributed by atoms with Gasteiger partial charge in [0.2, 0.25) is 5.52 Å². The lowest BCUT2D eigenvalue weighted by molar-refractivity contribution is -0.668. The van der Waals surface area contributed by atoms with Crippen molar-refractivity contribution in [3.05, 3.63) is 93.0 Å². The fourth-order valence-electron chi connectivity index (χ4n) is 4.98. The first-order valence-electron chi connectivity index (χ1n) is 13.3. The number of nitrogens with zero attached hydrogens (tertiary/aromatic N) is 2. The lowest BCUT2D eigenvalue weighted by Crippen LogP contribution is -2.35. The van der Waals surface area contributed by atoms with Gasteiger partial charge < -0.3 is 4.90 Å². The molecule has 0 fully saturated rings. The Kier molecular flexibility index (Phi) is 9.63. The average Bonchev–Trinajstić information content (AvgIpc) is 3.58. The molecule has 42 heavy (non-hydrogen) atoms. The van der Waals surface area contributed by atoms with E-state index < -0.39 is 20.2 Å². The first kappa shape index (κ1) is 31.0. The molecule has 0 atom stereocenters. The molecule has 13 heteroatoms. The maximum atomic E-state index is 11.2. The van der Waals surface area contributed by atoms with E-state index >= 15 is 0 Å². The van der Waals surface area contributed by atoms with E-state index in [1.807, 2.05) is 72.8 Å². The molecule has 2 heterocycles. The Hall–Kier alpha value is -2.45. The summed E-state index contributed by atoms with van der Waals surface area (Å²) in [5.74, 6) is -0.593. The molecule has 0 amide bonds. The molecule has 1 aromatic heterocycles. The van der Waals surface area contributed by atoms with Crippen LogP contribution in [0, 0.1) is 0 Å². The van der Waals surface area contributed by atoms with Crippen LogP contribution in [-0.4, -0.2) is 44.0 Å². The molecule has 2 N–H and O–H groups in total. The molecule has 222 valence electrons. The van der Waals surface area contributed by atoms with Crippen molar-refractivity contribution in [2.24, 2.45) is 0 Å². The molecule has 5 rings (SSSR count). The third kappa shape index (κ3) is 7.73. The van der Waals surface area contributed by atoms with Gasteiger partial charge in [0.15, 0.2) is 6.54 Å². The number of hydrogen-bond acceptors (Lipinski definition) is 7. The maximum absolute atomic E-state index is 11.2. The van der Waals surface area contributed by atoms with Crippen LogP contribution in [0.4, 0.5) is 5.69 Å². The summed E-state index contributed by atoms with van der Waals surface area (Å²) in [6.07, 6.45) is 10.2. The Balaban J connectivity index is 1.36. The van der Waals surface area contributed by atoms with Crippen molar-refractivity contribution in [3.63, 3.8) is 0 Å². The van der Waals surface area contributed by atoms with E-state index in [-0.39, 0.29) is 11.5 Å². The van der Waals surface area contributed by atoms with Gasteiger partial charge in [-0.3, -0.25) is 9.11 Å². The first-order valence-corrected chi connectivity index (χ1v) is 18.6. The summed E-state index contributed by atoms with van der Waals surface area (Å²) in [6, 6.07) is 15.9. The Morgan fingerprint density at radius 2 is 1.62 bits per heavy atom. The number of aromatic nitrogens is 1. The monoisotopic (exact) mass is 665 g/mol. The number of aryl methyl sites for hydroxylation is 1. The largest absolute Gasteiger partial charge is 0.335 e. The van der Waals surface area contributed by atoms with E-state index in [1.54, 1.807) is 23.1 Å². The Labute approximate surface area is 259 Å². The first-order chi connectivity index (χ1) is 20.0. The van der Waals surface area contributed by atoms with Crippen LogP contribution >= 0.6 is 34.7 Å². The van der Waals surface area contributed by atoms with Gasteiger partial charge in [-0.2, -0.15) is 21.4 Å². The van der Waals surface area contributed by atoms with E-state index in [0.29, 0.717) is 31.0 Å². The molecule has 0 spiro atoms. The van der Waals surface area contributed by atoms with Crippen LogP contribution in [0.15, 0.2) is 92.9 Å². The third-order valence-corrected chi connectivity index (χ3v) is 11.3. The highest BCUT2D eigenvalue weighted by Gasteiger charge is 2.25. The van der Waals surface area contributed by atoms with Gasteiger partial charge in [-0.25, -0.2) is 0 Å². The van der Waals surface area contributed by atoms with Gasteiger partial charge >= 0.3 is 0 Å². The highest BCUT2D eigenvalue weighted by atomic mass is 35.5. The number of allylic oxidation sites excluding steroid dienone is 6. The second-order valence-corrected chi connectivity index (χ2v) is 15.6. The smallest absolute Gasteiger partial charge is 0.265 e. The van der Waals surface area contributed by atoms with Crippen LogP contribution in [-0.2, 0) is 26.8 Å². The van der Waals surface area contributed by atoms with Crippen molar-refractivity contribution >= 4 is 76.9 Å². The number of thioether (sulfide) groups is 1. The summed E-state index contributed by atoms with van der Waals surface area (Å²) in [4.78, 5) is 3.15. The predicted octanol–water partition coefficient (Wildman–Crippen LogP) is 6.42. The highest BCUT2D eigenvalue weighted by Crippen LogP contribution is 2.46. The van der Waals surface area contributed by atoms with Crippen LogP contribution in [0.3, 0.4) is 0 Å². The zero-order valence-electron chi connectivity index (χ0n) is 22.5. The van der Waals surface area contributed by atoms with Gasteiger partial charge in [0.05, 0.1) is 22.2 Å². The van der Waals surface area contributed by atoms with Gasteiger partial charge in [-0.05, 0) is 54.7 Å². The molecule has 0 unspecified atom stereocenters. The standard InChI is InChI=1S/C29H29ClN2O6S4/c30-29-21(13-15-27-31(17-5-19-41(33,34)35)23-7-1-3-9-25(23)39-27)11-12-22(29)14-16-28-32(18-6-20-42(36,37)38)24-8-2-4-10-26(24)40-28/h1-4,7-10,13-16H,5-6,11-12,17-20H2,(H-,33,34,35,36,37,38)/p+1. The topological polar surface area (TPSA) is 116 Å². The van der Waals surface area contributed by atoms with Crippen LogP contribution in [0.25, 0.3) is 16.3 Å². The Morgan fingerprint density at radius 1 is 0.905 bits per heavy atom. The van der Waals surface area contributed by atoms with Crippen LogP contribution < -0.4 is 9.47 Å². The molecule has 2 aromatic carbocycles. The number of para-hydroxylation sites is 2. The molecular formula is C29H30ClN2O6S4+. The highest BCUT2D eigenvalue weighted by molar-refractivity contribution is 8.03. The van der Waals surface area contributed by atoms with E-state index in [2.05, 4.69) is 9.47 Å². The van der Waals surface area contributed by atoms with Crippen molar-refractivity contribution in [1.82, 2.24) is 0 Å². The molecule has 0 bridgehead atoms. The summed E-state index contributed by atoms with van der Waals surface area (Å²) in [6.45, 7) is 0.908. The van der Waals surface area contributed by atoms with Crippen molar-refractivity contribution in [2.45, 2.75) is 37.1 Å². The van der Waals surface area contributed by atoms with E-state index in [1.165, 1.54) is 0 Å². The normalized spacial score (nSPS) is 17.9. The quantitative estimate of drug-likeness (QED) is 0.178. The summed E-state index contributed by atoms with van der Waals surface area (Å²) >= 11 is 10.0. The van der Waals surface area contributed by atoms with Crippen molar-refractivity contribution in [3.8, 4) is 0 Å². The van der Waals surface area contributed by atoms with Gasteiger partial charge in [-0.1, -0.05) is 71.1 Å². The molecule has 1 aliphatic heterocycles. The second kappa shape index (κ2) is 13.0. The number of rotatable bonds is 11. The molecule has 0 radical (unpaired) electrons. The van der Waals surface area contributed by atoms with Crippen LogP contribution in [0.2, 0.25) is 0 Å². The van der Waals surface area contributed by atoms with Gasteiger partial charge in [0.1, 0.15) is 4.70 Å². The molecule has 3 aromatic rings.